The second-order valence-corrected chi connectivity index (χ2v) is 3.38. The van der Waals surface area contributed by atoms with Gasteiger partial charge in [0.15, 0.2) is 5.75 Å². The molecule has 0 aliphatic carbocycles. The van der Waals surface area contributed by atoms with Crippen LogP contribution in [0.5, 0.6) is 5.75 Å². The number of halogens is 3. The molecule has 0 fully saturated rings. The Morgan fingerprint density at radius 2 is 2.18 bits per heavy atom. The van der Waals surface area contributed by atoms with Gasteiger partial charge in [-0.25, -0.2) is 4.79 Å². The fourth-order valence-corrected chi connectivity index (χ4v) is 1.43. The summed E-state index contributed by atoms with van der Waals surface area (Å²) in [5, 5.41) is -0.173. The quantitative estimate of drug-likeness (QED) is 0.672. The van der Waals surface area contributed by atoms with E-state index in [2.05, 4.69) is 4.74 Å². The Kier molecular flexibility index (Phi) is 4.51. The van der Waals surface area contributed by atoms with Gasteiger partial charge in [-0.1, -0.05) is 11.6 Å². The van der Waals surface area contributed by atoms with Gasteiger partial charge in [0.05, 0.1) is 22.9 Å². The Balaban J connectivity index is 3.04. The zero-order valence-corrected chi connectivity index (χ0v) is 9.63. The van der Waals surface area contributed by atoms with Crippen molar-refractivity contribution >= 4 is 23.3 Å². The monoisotopic (exact) mass is 265 g/mol. The molecule has 0 bridgehead atoms. The first kappa shape index (κ1) is 13.5. The summed E-state index contributed by atoms with van der Waals surface area (Å²) in [7, 11) is 0. The zero-order valence-electron chi connectivity index (χ0n) is 8.88. The van der Waals surface area contributed by atoms with Gasteiger partial charge in [0.1, 0.15) is 0 Å². The lowest BCUT2D eigenvalue weighted by molar-refractivity contribution is -0.0492. The second kappa shape index (κ2) is 5.67. The van der Waals surface area contributed by atoms with Crippen molar-refractivity contribution in [2.45, 2.75) is 13.5 Å². The second-order valence-electron chi connectivity index (χ2n) is 2.98. The molecular weight excluding hydrogens is 256 g/mol. The first-order chi connectivity index (χ1) is 7.95. The number of nitrogens with two attached hydrogens (primary N) is 1. The van der Waals surface area contributed by atoms with Gasteiger partial charge >= 0.3 is 12.6 Å². The summed E-state index contributed by atoms with van der Waals surface area (Å²) in [6.07, 6.45) is 0. The normalized spacial score (nSPS) is 10.4. The van der Waals surface area contributed by atoms with Crippen molar-refractivity contribution < 1.29 is 23.0 Å². The molecule has 0 aliphatic heterocycles. The highest BCUT2D eigenvalue weighted by Crippen LogP contribution is 2.33. The topological polar surface area (TPSA) is 61.5 Å². The van der Waals surface area contributed by atoms with Gasteiger partial charge in [0.25, 0.3) is 0 Å². The molecule has 0 spiro atoms. The van der Waals surface area contributed by atoms with Crippen LogP contribution in [0.4, 0.5) is 14.5 Å². The molecule has 0 saturated heterocycles. The lowest BCUT2D eigenvalue weighted by Gasteiger charge is -2.11. The van der Waals surface area contributed by atoms with Crippen molar-refractivity contribution in [3.8, 4) is 5.75 Å². The number of carbonyl (C=O) groups excluding carboxylic acids is 1. The number of hydrogen-bond donors (Lipinski definition) is 1. The van der Waals surface area contributed by atoms with E-state index in [0.717, 1.165) is 6.07 Å². The Bertz CT molecular complexity index is 403. The molecule has 0 atom stereocenters. The number of alkyl halides is 2. The molecule has 17 heavy (non-hydrogen) atoms. The van der Waals surface area contributed by atoms with E-state index in [1.165, 1.54) is 6.07 Å². The summed E-state index contributed by atoms with van der Waals surface area (Å²) < 4.78 is 32.9. The van der Waals surface area contributed by atoms with E-state index >= 15 is 0 Å². The number of esters is 1. The maximum Gasteiger partial charge on any atom is 0.387 e. The first-order valence-corrected chi connectivity index (χ1v) is 5.04. The predicted molar refractivity (Wildman–Crippen MR) is 58.5 cm³/mol. The highest BCUT2D eigenvalue weighted by Gasteiger charge is 2.16. The molecule has 94 valence electrons. The lowest BCUT2D eigenvalue weighted by atomic mass is 10.2. The van der Waals surface area contributed by atoms with Crippen LogP contribution in [-0.4, -0.2) is 19.2 Å². The summed E-state index contributed by atoms with van der Waals surface area (Å²) >= 11 is 5.68. The minimum absolute atomic E-state index is 0.0796. The molecule has 0 heterocycles. The maximum atomic E-state index is 12.0. The predicted octanol–water partition coefficient (Wildman–Crippen LogP) is 2.70. The van der Waals surface area contributed by atoms with E-state index in [-0.39, 0.29) is 28.6 Å². The molecule has 4 nitrogen and oxygen atoms in total. The van der Waals surface area contributed by atoms with Crippen LogP contribution < -0.4 is 10.5 Å². The number of anilines is 1. The summed E-state index contributed by atoms with van der Waals surface area (Å²) in [5.41, 5.74) is 5.38. The summed E-state index contributed by atoms with van der Waals surface area (Å²) in [4.78, 5) is 11.4. The number of rotatable bonds is 4. The molecule has 1 aromatic rings. The van der Waals surface area contributed by atoms with Gasteiger partial charge in [-0.2, -0.15) is 8.78 Å². The fourth-order valence-electron chi connectivity index (χ4n) is 1.16. The average molecular weight is 266 g/mol. The van der Waals surface area contributed by atoms with Crippen LogP contribution in [0.3, 0.4) is 0 Å². The van der Waals surface area contributed by atoms with Crippen LogP contribution in [0.2, 0.25) is 5.02 Å². The molecule has 0 amide bonds. The Labute approximate surface area is 101 Å². The number of nitrogen functional groups attached to an aromatic ring is 1. The Morgan fingerprint density at radius 3 is 2.65 bits per heavy atom. The summed E-state index contributed by atoms with van der Waals surface area (Å²) in [6.45, 7) is -1.22. The van der Waals surface area contributed by atoms with Gasteiger partial charge in [0, 0.05) is 0 Å². The van der Waals surface area contributed by atoms with Crippen LogP contribution in [-0.2, 0) is 4.74 Å². The van der Waals surface area contributed by atoms with E-state index in [1.807, 2.05) is 0 Å². The van der Waals surface area contributed by atoms with Crippen molar-refractivity contribution in [1.29, 1.82) is 0 Å². The Hall–Kier alpha value is -1.56. The highest BCUT2D eigenvalue weighted by molar-refractivity contribution is 6.33. The van der Waals surface area contributed by atoms with Crippen LogP contribution in [0.1, 0.15) is 17.3 Å². The molecule has 0 unspecified atom stereocenters. The molecule has 0 aromatic heterocycles. The standard InChI is InChI=1S/C10H10ClF2NO3/c1-2-16-9(15)5-3-6(11)8(7(14)4-5)17-10(12)13/h3-4,10H,2,14H2,1H3. The number of carbonyl (C=O) groups is 1. The van der Waals surface area contributed by atoms with Crippen molar-refractivity contribution in [2.75, 3.05) is 12.3 Å². The minimum atomic E-state index is -3.04. The third-order valence-corrected chi connectivity index (χ3v) is 2.07. The first-order valence-electron chi connectivity index (χ1n) is 4.66. The summed E-state index contributed by atoms with van der Waals surface area (Å²) in [6, 6.07) is 2.33. The van der Waals surface area contributed by atoms with E-state index < -0.39 is 12.6 Å². The number of ether oxygens (including phenoxy) is 2. The average Bonchev–Trinajstić information content (AvgIpc) is 2.23. The van der Waals surface area contributed by atoms with Gasteiger partial charge in [-0.15, -0.1) is 0 Å². The third kappa shape index (κ3) is 3.45. The fraction of sp³-hybridized carbons (Fsp3) is 0.300. The molecule has 0 radical (unpaired) electrons. The number of benzene rings is 1. The molecule has 1 aromatic carbocycles. The molecule has 1 rings (SSSR count). The van der Waals surface area contributed by atoms with Crippen molar-refractivity contribution in [2.24, 2.45) is 0 Å². The van der Waals surface area contributed by atoms with Crippen molar-refractivity contribution in [3.05, 3.63) is 22.7 Å². The van der Waals surface area contributed by atoms with Crippen molar-refractivity contribution in [3.63, 3.8) is 0 Å². The zero-order chi connectivity index (χ0) is 13.0. The largest absolute Gasteiger partial charge is 0.462 e. The number of hydrogen-bond acceptors (Lipinski definition) is 4. The Morgan fingerprint density at radius 1 is 1.53 bits per heavy atom. The molecular formula is C10H10ClF2NO3. The maximum absolute atomic E-state index is 12.0. The summed E-state index contributed by atoms with van der Waals surface area (Å²) in [5.74, 6) is -0.987. The van der Waals surface area contributed by atoms with E-state index in [1.54, 1.807) is 6.92 Å². The highest BCUT2D eigenvalue weighted by atomic mass is 35.5. The van der Waals surface area contributed by atoms with E-state index in [0.29, 0.717) is 0 Å². The minimum Gasteiger partial charge on any atom is -0.462 e. The molecule has 0 aliphatic rings. The third-order valence-electron chi connectivity index (χ3n) is 1.79. The van der Waals surface area contributed by atoms with E-state index in [4.69, 9.17) is 22.1 Å². The molecule has 2 N–H and O–H groups in total. The van der Waals surface area contributed by atoms with Gasteiger partial charge in [0.2, 0.25) is 0 Å². The molecule has 7 heteroatoms. The smallest absolute Gasteiger partial charge is 0.387 e. The van der Waals surface area contributed by atoms with Crippen LogP contribution in [0.15, 0.2) is 12.1 Å². The van der Waals surface area contributed by atoms with Gasteiger partial charge in [-0.05, 0) is 19.1 Å². The lowest BCUT2D eigenvalue weighted by Crippen LogP contribution is -2.08. The van der Waals surface area contributed by atoms with Gasteiger partial charge < -0.3 is 15.2 Å². The molecule has 0 saturated carbocycles. The SMILES string of the molecule is CCOC(=O)c1cc(N)c(OC(F)F)c(Cl)c1. The van der Waals surface area contributed by atoms with Crippen molar-refractivity contribution in [1.82, 2.24) is 0 Å². The van der Waals surface area contributed by atoms with Crippen LogP contribution in [0, 0.1) is 0 Å². The van der Waals surface area contributed by atoms with Crippen LogP contribution >= 0.6 is 11.6 Å². The van der Waals surface area contributed by atoms with Crippen LogP contribution in [0.25, 0.3) is 0 Å². The van der Waals surface area contributed by atoms with E-state index in [9.17, 15) is 13.6 Å². The van der Waals surface area contributed by atoms with Gasteiger partial charge in [-0.3, -0.25) is 0 Å².